The van der Waals surface area contributed by atoms with Crippen molar-refractivity contribution in [3.63, 3.8) is 0 Å². The largest absolute Gasteiger partial charge is 0.407 e. The molecule has 0 aliphatic carbocycles. The van der Waals surface area contributed by atoms with Gasteiger partial charge in [-0.15, -0.1) is 0 Å². The SMILES string of the molecule is CC(C)c1cccc(C(C)C)c1N[Si]c1ccccc1. The highest BCUT2D eigenvalue weighted by Gasteiger charge is 2.13. The second-order valence-corrected chi connectivity index (χ2v) is 6.81. The molecule has 0 saturated carbocycles. The fourth-order valence-electron chi connectivity index (χ4n) is 2.35. The first-order chi connectivity index (χ1) is 9.59. The van der Waals surface area contributed by atoms with Crippen LogP contribution >= 0.6 is 0 Å². The van der Waals surface area contributed by atoms with Crippen LogP contribution in [-0.2, 0) is 0 Å². The van der Waals surface area contributed by atoms with Crippen molar-refractivity contribution in [3.8, 4) is 0 Å². The first-order valence-electron chi connectivity index (χ1n) is 7.29. The lowest BCUT2D eigenvalue weighted by Crippen LogP contribution is -2.23. The van der Waals surface area contributed by atoms with E-state index in [9.17, 15) is 0 Å². The van der Waals surface area contributed by atoms with E-state index in [1.165, 1.54) is 22.0 Å². The summed E-state index contributed by atoms with van der Waals surface area (Å²) >= 11 is 0. The minimum Gasteiger partial charge on any atom is -0.407 e. The summed E-state index contributed by atoms with van der Waals surface area (Å²) in [6.07, 6.45) is 0. The Balaban J connectivity index is 2.28. The van der Waals surface area contributed by atoms with Gasteiger partial charge in [0.05, 0.1) is 0 Å². The van der Waals surface area contributed by atoms with Crippen LogP contribution in [0.15, 0.2) is 48.5 Å². The number of nitrogens with one attached hydrogen (secondary N) is 1. The van der Waals surface area contributed by atoms with Crippen LogP contribution in [0.5, 0.6) is 0 Å². The zero-order valence-corrected chi connectivity index (χ0v) is 13.8. The summed E-state index contributed by atoms with van der Waals surface area (Å²) in [7, 11) is 0.610. The van der Waals surface area contributed by atoms with Crippen molar-refractivity contribution >= 4 is 20.6 Å². The first-order valence-corrected chi connectivity index (χ1v) is 8.29. The van der Waals surface area contributed by atoms with Crippen molar-refractivity contribution in [2.45, 2.75) is 39.5 Å². The van der Waals surface area contributed by atoms with Gasteiger partial charge in [0.1, 0.15) is 0 Å². The normalized spacial score (nSPS) is 11.1. The number of rotatable bonds is 5. The molecule has 1 nitrogen and oxygen atoms in total. The van der Waals surface area contributed by atoms with Crippen LogP contribution < -0.4 is 10.2 Å². The molecule has 0 unspecified atom stereocenters. The van der Waals surface area contributed by atoms with Crippen molar-refractivity contribution < 1.29 is 0 Å². The lowest BCUT2D eigenvalue weighted by Gasteiger charge is -2.20. The first kappa shape index (κ1) is 14.9. The molecule has 2 rings (SSSR count). The molecule has 0 aliphatic rings. The van der Waals surface area contributed by atoms with Crippen LogP contribution in [0, 0.1) is 0 Å². The van der Waals surface area contributed by atoms with Gasteiger partial charge >= 0.3 is 0 Å². The third kappa shape index (κ3) is 3.51. The van der Waals surface area contributed by atoms with E-state index >= 15 is 0 Å². The fourth-order valence-corrected chi connectivity index (χ4v) is 3.27. The van der Waals surface area contributed by atoms with Gasteiger partial charge in [-0.3, -0.25) is 0 Å². The standard InChI is InChI=1S/C18H23NSi/c1-13(2)16-11-8-12-17(14(3)4)18(16)19-20-15-9-6-5-7-10-15/h5-14,19H,1-4H3. The maximum atomic E-state index is 3.69. The van der Waals surface area contributed by atoms with Crippen molar-refractivity contribution in [1.29, 1.82) is 0 Å². The number of para-hydroxylation sites is 1. The Bertz CT molecular complexity index is 520. The lowest BCUT2D eigenvalue weighted by molar-refractivity contribution is 0.839. The highest BCUT2D eigenvalue weighted by molar-refractivity contribution is 6.57. The molecule has 2 aromatic carbocycles. The average molecular weight is 281 g/mol. The number of anilines is 1. The lowest BCUT2D eigenvalue weighted by atomic mass is 9.93. The van der Waals surface area contributed by atoms with E-state index < -0.39 is 0 Å². The van der Waals surface area contributed by atoms with Gasteiger partial charge in [0.25, 0.3) is 0 Å². The predicted molar refractivity (Wildman–Crippen MR) is 90.1 cm³/mol. The van der Waals surface area contributed by atoms with Gasteiger partial charge in [-0.05, 0) is 28.1 Å². The van der Waals surface area contributed by atoms with Gasteiger partial charge in [0, 0.05) is 5.69 Å². The molecule has 0 saturated heterocycles. The average Bonchev–Trinajstić information content (AvgIpc) is 2.45. The Hall–Kier alpha value is -1.54. The minimum absolute atomic E-state index is 0.539. The third-order valence-corrected chi connectivity index (χ3v) is 4.48. The highest BCUT2D eigenvalue weighted by Crippen LogP contribution is 2.31. The summed E-state index contributed by atoms with van der Waals surface area (Å²) < 4.78 is 0. The van der Waals surface area contributed by atoms with Gasteiger partial charge in [-0.25, -0.2) is 0 Å². The Labute approximate surface area is 125 Å². The van der Waals surface area contributed by atoms with Crippen LogP contribution in [0.2, 0.25) is 0 Å². The Kier molecular flexibility index (Phi) is 5.02. The van der Waals surface area contributed by atoms with Crippen molar-refractivity contribution in [2.24, 2.45) is 0 Å². The van der Waals surface area contributed by atoms with Gasteiger partial charge in [-0.2, -0.15) is 0 Å². The molecule has 0 aliphatic heterocycles. The topological polar surface area (TPSA) is 12.0 Å². The second kappa shape index (κ2) is 6.75. The van der Waals surface area contributed by atoms with E-state index in [1.807, 2.05) is 0 Å². The van der Waals surface area contributed by atoms with E-state index in [-0.39, 0.29) is 0 Å². The van der Waals surface area contributed by atoms with E-state index in [1.54, 1.807) is 0 Å². The molecule has 0 fully saturated rings. The van der Waals surface area contributed by atoms with E-state index in [2.05, 4.69) is 81.2 Å². The summed E-state index contributed by atoms with van der Waals surface area (Å²) in [5, 5.41) is 1.35. The van der Waals surface area contributed by atoms with Crippen molar-refractivity contribution in [3.05, 3.63) is 59.7 Å². The monoisotopic (exact) mass is 281 g/mol. The summed E-state index contributed by atoms with van der Waals surface area (Å²) in [5.74, 6) is 1.08. The smallest absolute Gasteiger partial charge is 0.218 e. The Morgan fingerprint density at radius 2 is 1.30 bits per heavy atom. The van der Waals surface area contributed by atoms with E-state index in [0.717, 1.165) is 0 Å². The molecule has 0 atom stereocenters. The quantitative estimate of drug-likeness (QED) is 0.806. The summed E-state index contributed by atoms with van der Waals surface area (Å²) in [4.78, 5) is 3.69. The molecule has 0 bridgehead atoms. The van der Waals surface area contributed by atoms with Gasteiger partial charge in [0.2, 0.25) is 9.68 Å². The molecule has 2 radical (unpaired) electrons. The number of hydrogen-bond acceptors (Lipinski definition) is 1. The van der Waals surface area contributed by atoms with Crippen molar-refractivity contribution in [1.82, 2.24) is 0 Å². The summed E-state index contributed by atoms with van der Waals surface area (Å²) in [5.41, 5.74) is 4.17. The van der Waals surface area contributed by atoms with Crippen LogP contribution in [0.1, 0.15) is 50.7 Å². The predicted octanol–water partition coefficient (Wildman–Crippen LogP) is 4.29. The van der Waals surface area contributed by atoms with Gasteiger partial charge in [-0.1, -0.05) is 76.2 Å². The third-order valence-electron chi connectivity index (χ3n) is 3.48. The number of hydrogen-bond donors (Lipinski definition) is 1. The van der Waals surface area contributed by atoms with Gasteiger partial charge in [0.15, 0.2) is 0 Å². The highest BCUT2D eigenvalue weighted by atomic mass is 28.2. The van der Waals surface area contributed by atoms with Crippen LogP contribution in [0.3, 0.4) is 0 Å². The summed E-state index contributed by atoms with van der Waals surface area (Å²) in [6, 6.07) is 17.3. The van der Waals surface area contributed by atoms with E-state index in [4.69, 9.17) is 0 Å². The molecule has 104 valence electrons. The van der Waals surface area contributed by atoms with Crippen LogP contribution in [0.4, 0.5) is 5.69 Å². The molecule has 0 aromatic heterocycles. The molecule has 1 N–H and O–H groups in total. The molecule has 20 heavy (non-hydrogen) atoms. The maximum Gasteiger partial charge on any atom is 0.218 e. The molecule has 2 heteroatoms. The fraction of sp³-hybridized carbons (Fsp3) is 0.333. The Morgan fingerprint density at radius 1 is 0.750 bits per heavy atom. The van der Waals surface area contributed by atoms with Crippen LogP contribution in [-0.4, -0.2) is 9.68 Å². The molecule has 0 amide bonds. The molecule has 0 spiro atoms. The van der Waals surface area contributed by atoms with E-state index in [0.29, 0.717) is 21.5 Å². The minimum atomic E-state index is 0.539. The summed E-state index contributed by atoms with van der Waals surface area (Å²) in [6.45, 7) is 9.04. The molecule has 0 heterocycles. The molecular formula is C18H23NSi. The van der Waals surface area contributed by atoms with Gasteiger partial charge < -0.3 is 4.98 Å². The Morgan fingerprint density at radius 3 is 1.80 bits per heavy atom. The van der Waals surface area contributed by atoms with Crippen LogP contribution in [0.25, 0.3) is 0 Å². The molecule has 2 aromatic rings. The molecular weight excluding hydrogens is 258 g/mol. The zero-order chi connectivity index (χ0) is 14.5. The second-order valence-electron chi connectivity index (χ2n) is 5.74. The van der Waals surface area contributed by atoms with Crippen molar-refractivity contribution in [2.75, 3.05) is 4.98 Å². The number of benzene rings is 2. The maximum absolute atomic E-state index is 3.69. The zero-order valence-electron chi connectivity index (χ0n) is 12.8.